The lowest BCUT2D eigenvalue weighted by atomic mass is 9.96. The Balaban J connectivity index is 1.84. The number of esters is 1. The summed E-state index contributed by atoms with van der Waals surface area (Å²) in [5.41, 5.74) is 6.94. The number of nitrogens with two attached hydrogens (primary N) is 1. The van der Waals surface area contributed by atoms with Crippen LogP contribution in [0.5, 0.6) is 0 Å². The second-order valence-corrected chi connectivity index (χ2v) is 6.25. The van der Waals surface area contributed by atoms with Crippen molar-refractivity contribution < 1.29 is 18.8 Å². The third-order valence-electron chi connectivity index (χ3n) is 4.38. The molecule has 1 aliphatic heterocycles. The molecule has 1 aromatic heterocycles. The fraction of sp³-hybridized carbons (Fsp3) is 0.353. The Morgan fingerprint density at radius 1 is 1.32 bits per heavy atom. The van der Waals surface area contributed by atoms with Gasteiger partial charge in [0.15, 0.2) is 0 Å². The van der Waals surface area contributed by atoms with Gasteiger partial charge in [-0.3, -0.25) is 9.59 Å². The molecule has 0 unspecified atom stereocenters. The highest BCUT2D eigenvalue weighted by molar-refractivity contribution is 6.33. The number of hydrogen-bond donors (Lipinski definition) is 1. The standard InChI is InChI=1S/C17H18ClN3O4/c1-24-17(23)10-6-8-21(9-7-10)16(22)13-14(20-25-15(13)19)11-4-2-3-5-12(11)18/h2-5,10H,6-9,19H2,1H3. The first kappa shape index (κ1) is 17.3. The summed E-state index contributed by atoms with van der Waals surface area (Å²) in [6.45, 7) is 0.871. The van der Waals surface area contributed by atoms with Gasteiger partial charge < -0.3 is 19.9 Å². The van der Waals surface area contributed by atoms with Gasteiger partial charge in [0.05, 0.1) is 18.1 Å². The monoisotopic (exact) mass is 363 g/mol. The molecule has 0 saturated carbocycles. The summed E-state index contributed by atoms with van der Waals surface area (Å²) < 4.78 is 9.81. The third kappa shape index (κ3) is 3.32. The molecule has 132 valence electrons. The van der Waals surface area contributed by atoms with Crippen LogP contribution in [0.15, 0.2) is 28.8 Å². The lowest BCUT2D eigenvalue weighted by molar-refractivity contribution is -0.146. The Bertz CT molecular complexity index is 797. The Morgan fingerprint density at radius 2 is 2.00 bits per heavy atom. The average Bonchev–Trinajstić information content (AvgIpc) is 3.02. The molecule has 3 rings (SSSR count). The van der Waals surface area contributed by atoms with Gasteiger partial charge in [-0.05, 0) is 18.9 Å². The molecule has 0 radical (unpaired) electrons. The number of aromatic nitrogens is 1. The van der Waals surface area contributed by atoms with E-state index in [2.05, 4.69) is 5.16 Å². The SMILES string of the molecule is COC(=O)C1CCN(C(=O)c2c(-c3ccccc3Cl)noc2N)CC1. The smallest absolute Gasteiger partial charge is 0.308 e. The first-order valence-corrected chi connectivity index (χ1v) is 8.28. The third-order valence-corrected chi connectivity index (χ3v) is 4.71. The van der Waals surface area contributed by atoms with Crippen molar-refractivity contribution in [3.05, 3.63) is 34.9 Å². The fourth-order valence-corrected chi connectivity index (χ4v) is 3.21. The maximum Gasteiger partial charge on any atom is 0.308 e. The van der Waals surface area contributed by atoms with Crippen LogP contribution >= 0.6 is 11.6 Å². The summed E-state index contributed by atoms with van der Waals surface area (Å²) in [5.74, 6) is -0.753. The molecule has 7 nitrogen and oxygen atoms in total. The Hall–Kier alpha value is -2.54. The van der Waals surface area contributed by atoms with Gasteiger partial charge in [-0.1, -0.05) is 35.0 Å². The van der Waals surface area contributed by atoms with Gasteiger partial charge in [0.2, 0.25) is 5.88 Å². The molecular formula is C17H18ClN3O4. The molecule has 1 aromatic carbocycles. The normalized spacial score (nSPS) is 15.2. The van der Waals surface area contributed by atoms with Crippen LogP contribution in [0.2, 0.25) is 5.02 Å². The van der Waals surface area contributed by atoms with Crippen molar-refractivity contribution in [1.82, 2.24) is 10.1 Å². The summed E-state index contributed by atoms with van der Waals surface area (Å²) >= 11 is 6.20. The van der Waals surface area contributed by atoms with E-state index in [1.807, 2.05) is 0 Å². The molecule has 2 N–H and O–H groups in total. The van der Waals surface area contributed by atoms with Crippen molar-refractivity contribution in [3.8, 4) is 11.3 Å². The number of rotatable bonds is 3. The lowest BCUT2D eigenvalue weighted by Gasteiger charge is -2.30. The molecule has 0 bridgehead atoms. The second kappa shape index (κ2) is 7.14. The zero-order chi connectivity index (χ0) is 18.0. The van der Waals surface area contributed by atoms with Crippen LogP contribution < -0.4 is 5.73 Å². The van der Waals surface area contributed by atoms with Crippen molar-refractivity contribution in [2.24, 2.45) is 5.92 Å². The highest BCUT2D eigenvalue weighted by atomic mass is 35.5. The van der Waals surface area contributed by atoms with Crippen LogP contribution in [0.3, 0.4) is 0 Å². The highest BCUT2D eigenvalue weighted by Crippen LogP contribution is 2.33. The molecule has 8 heteroatoms. The first-order valence-electron chi connectivity index (χ1n) is 7.90. The van der Waals surface area contributed by atoms with Gasteiger partial charge >= 0.3 is 5.97 Å². The van der Waals surface area contributed by atoms with E-state index in [0.29, 0.717) is 42.2 Å². The molecule has 2 aromatic rings. The quantitative estimate of drug-likeness (QED) is 0.841. The number of carbonyl (C=O) groups is 2. The van der Waals surface area contributed by atoms with E-state index < -0.39 is 0 Å². The number of carbonyl (C=O) groups excluding carboxylic acids is 2. The van der Waals surface area contributed by atoms with Crippen molar-refractivity contribution in [2.45, 2.75) is 12.8 Å². The topological polar surface area (TPSA) is 98.7 Å². The minimum atomic E-state index is -0.281. The zero-order valence-corrected chi connectivity index (χ0v) is 14.5. The number of halogens is 1. The van der Waals surface area contributed by atoms with Gasteiger partial charge in [-0.2, -0.15) is 0 Å². The number of benzene rings is 1. The first-order chi connectivity index (χ1) is 12.0. The number of amides is 1. The maximum absolute atomic E-state index is 12.9. The summed E-state index contributed by atoms with van der Waals surface area (Å²) in [7, 11) is 1.37. The minimum Gasteiger partial charge on any atom is -0.469 e. The van der Waals surface area contributed by atoms with Crippen LogP contribution in [0.4, 0.5) is 5.88 Å². The number of nitrogen functional groups attached to an aromatic ring is 1. The molecule has 25 heavy (non-hydrogen) atoms. The largest absolute Gasteiger partial charge is 0.469 e. The van der Waals surface area contributed by atoms with E-state index in [1.165, 1.54) is 7.11 Å². The molecule has 0 spiro atoms. The van der Waals surface area contributed by atoms with E-state index in [4.69, 9.17) is 26.6 Å². The molecule has 1 aliphatic rings. The van der Waals surface area contributed by atoms with E-state index >= 15 is 0 Å². The Morgan fingerprint density at radius 3 is 2.64 bits per heavy atom. The molecule has 0 atom stereocenters. The van der Waals surface area contributed by atoms with Crippen molar-refractivity contribution in [3.63, 3.8) is 0 Å². The fourth-order valence-electron chi connectivity index (χ4n) is 2.99. The average molecular weight is 364 g/mol. The summed E-state index contributed by atoms with van der Waals surface area (Å²) in [4.78, 5) is 26.2. The van der Waals surface area contributed by atoms with Crippen molar-refractivity contribution in [1.29, 1.82) is 0 Å². The van der Waals surface area contributed by atoms with Gasteiger partial charge in [0.25, 0.3) is 5.91 Å². The van der Waals surface area contributed by atoms with E-state index in [9.17, 15) is 9.59 Å². The number of hydrogen-bond acceptors (Lipinski definition) is 6. The predicted molar refractivity (Wildman–Crippen MR) is 92.0 cm³/mol. The Labute approximate surface area is 149 Å². The molecule has 1 fully saturated rings. The lowest BCUT2D eigenvalue weighted by Crippen LogP contribution is -2.40. The molecule has 1 amide bonds. The number of piperidine rings is 1. The zero-order valence-electron chi connectivity index (χ0n) is 13.7. The second-order valence-electron chi connectivity index (χ2n) is 5.84. The predicted octanol–water partition coefficient (Wildman–Crippen LogP) is 2.60. The molecule has 2 heterocycles. The van der Waals surface area contributed by atoms with E-state index in [1.54, 1.807) is 29.2 Å². The molecule has 1 saturated heterocycles. The van der Waals surface area contributed by atoms with E-state index in [-0.39, 0.29) is 29.2 Å². The number of ether oxygens (including phenoxy) is 1. The van der Waals surface area contributed by atoms with Gasteiger partial charge in [-0.25, -0.2) is 0 Å². The number of methoxy groups -OCH3 is 1. The van der Waals surface area contributed by atoms with E-state index in [0.717, 1.165) is 0 Å². The van der Waals surface area contributed by atoms with Crippen LogP contribution in [0.1, 0.15) is 23.2 Å². The number of nitrogens with zero attached hydrogens (tertiary/aromatic N) is 2. The van der Waals surface area contributed by atoms with Gasteiger partial charge in [-0.15, -0.1) is 0 Å². The van der Waals surface area contributed by atoms with Crippen LogP contribution in [0, 0.1) is 5.92 Å². The van der Waals surface area contributed by atoms with Gasteiger partial charge in [0, 0.05) is 18.7 Å². The van der Waals surface area contributed by atoms with Crippen molar-refractivity contribution >= 4 is 29.4 Å². The van der Waals surface area contributed by atoms with Crippen LogP contribution in [0.25, 0.3) is 11.3 Å². The number of likely N-dealkylation sites (tertiary alicyclic amines) is 1. The van der Waals surface area contributed by atoms with Crippen molar-refractivity contribution in [2.75, 3.05) is 25.9 Å². The Kier molecular flexibility index (Phi) is 4.94. The summed E-state index contributed by atoms with van der Waals surface area (Å²) in [5, 5.41) is 4.37. The molecule has 0 aliphatic carbocycles. The highest BCUT2D eigenvalue weighted by Gasteiger charge is 2.32. The molecular weight excluding hydrogens is 346 g/mol. The maximum atomic E-state index is 12.9. The minimum absolute atomic E-state index is 0.0463. The van der Waals surface area contributed by atoms with Crippen LogP contribution in [-0.4, -0.2) is 42.1 Å². The number of anilines is 1. The summed E-state index contributed by atoms with van der Waals surface area (Å²) in [6, 6.07) is 7.04. The summed E-state index contributed by atoms with van der Waals surface area (Å²) in [6.07, 6.45) is 1.09. The van der Waals surface area contributed by atoms with Crippen LogP contribution in [-0.2, 0) is 9.53 Å². The van der Waals surface area contributed by atoms with Gasteiger partial charge in [0.1, 0.15) is 11.3 Å².